The summed E-state index contributed by atoms with van der Waals surface area (Å²) in [4.78, 5) is 11.3. The van der Waals surface area contributed by atoms with E-state index in [4.69, 9.17) is 9.47 Å². The van der Waals surface area contributed by atoms with Gasteiger partial charge in [-0.25, -0.2) is 0 Å². The van der Waals surface area contributed by atoms with E-state index >= 15 is 0 Å². The fourth-order valence-corrected chi connectivity index (χ4v) is 6.66. The summed E-state index contributed by atoms with van der Waals surface area (Å²) in [5.74, 6) is 0.963. The Morgan fingerprint density at radius 2 is 1.51 bits per heavy atom. The van der Waals surface area contributed by atoms with Gasteiger partial charge in [0, 0.05) is 22.6 Å². The minimum atomic E-state index is -0.911. The topological polar surface area (TPSA) is 76.0 Å². The molecule has 0 heterocycles. The number of aromatic hydroxyl groups is 1. The van der Waals surface area contributed by atoms with Crippen LogP contribution in [-0.4, -0.2) is 23.3 Å². The van der Waals surface area contributed by atoms with Crippen molar-refractivity contribution >= 4 is 37.8 Å². The molecule has 4 aromatic carbocycles. The number of aryl methyl sites for hydroxylation is 3. The highest BCUT2D eigenvalue weighted by Gasteiger charge is 2.28. The van der Waals surface area contributed by atoms with Crippen LogP contribution in [-0.2, 0) is 11.2 Å². The van der Waals surface area contributed by atoms with Crippen LogP contribution < -0.4 is 9.47 Å². The monoisotopic (exact) mass is 680 g/mol. The first-order chi connectivity index (χ1) is 19.4. The summed E-state index contributed by atoms with van der Waals surface area (Å²) in [5.41, 5.74) is 7.16. The smallest absolute Gasteiger partial charge is 0.307 e. The molecule has 2 N–H and O–H groups in total. The van der Waals surface area contributed by atoms with Gasteiger partial charge < -0.3 is 19.7 Å². The van der Waals surface area contributed by atoms with Crippen LogP contribution in [0.4, 0.5) is 0 Å². The fourth-order valence-electron chi connectivity index (χ4n) is 5.22. The highest BCUT2D eigenvalue weighted by Crippen LogP contribution is 2.48. The van der Waals surface area contributed by atoms with Gasteiger partial charge in [0.25, 0.3) is 0 Å². The average Bonchev–Trinajstić information content (AvgIpc) is 2.89. The summed E-state index contributed by atoms with van der Waals surface area (Å²) in [6, 6.07) is 19.8. The molecule has 0 radical (unpaired) electrons. The van der Waals surface area contributed by atoms with Gasteiger partial charge in [0.05, 0.1) is 22.5 Å². The summed E-state index contributed by atoms with van der Waals surface area (Å²) >= 11 is 7.20. The number of phenolic OH excluding ortho intramolecular Hbond substituents is 1. The molecule has 0 saturated carbocycles. The molecule has 1 atom stereocenters. The molecule has 0 aliphatic carbocycles. The third kappa shape index (κ3) is 6.79. The van der Waals surface area contributed by atoms with Crippen molar-refractivity contribution < 1.29 is 24.5 Å². The van der Waals surface area contributed by atoms with Gasteiger partial charge in [0.2, 0.25) is 0 Å². The molecule has 4 rings (SSSR count). The zero-order valence-electron chi connectivity index (χ0n) is 24.0. The van der Waals surface area contributed by atoms with Crippen molar-refractivity contribution in [3.05, 3.63) is 114 Å². The second kappa shape index (κ2) is 12.7. The summed E-state index contributed by atoms with van der Waals surface area (Å²) in [7, 11) is 1.66. The Morgan fingerprint density at radius 3 is 2.10 bits per heavy atom. The van der Waals surface area contributed by atoms with Crippen LogP contribution >= 0.6 is 31.9 Å². The Labute approximate surface area is 258 Å². The van der Waals surface area contributed by atoms with Gasteiger partial charge in [-0.1, -0.05) is 61.4 Å². The van der Waals surface area contributed by atoms with Crippen LogP contribution in [0, 0.1) is 20.8 Å². The number of hydrogen-bond donors (Lipinski definition) is 2. The predicted octanol–water partition coefficient (Wildman–Crippen LogP) is 9.57. The molecule has 41 heavy (non-hydrogen) atoms. The molecule has 0 aliphatic rings. The third-order valence-corrected chi connectivity index (χ3v) is 8.26. The zero-order chi connectivity index (χ0) is 30.0. The average molecular weight is 682 g/mol. The summed E-state index contributed by atoms with van der Waals surface area (Å²) < 4.78 is 13.8. The lowest BCUT2D eigenvalue weighted by molar-refractivity contribution is -0.136. The van der Waals surface area contributed by atoms with Crippen LogP contribution in [0.1, 0.15) is 70.2 Å². The standard InChI is InChI=1S/C34H34Br2O5/c1-18(2)24-16-30(41-34-27(35)13-22(14-28(34)36)15-31(37)38)25(17-29(24)40-6)32(23-9-7-8-19(3)11-23)26-12-20(4)10-21(5)33(26)39/h7-14,16-18,32,39H,15H2,1-6H3,(H,37,38). The van der Waals surface area contributed by atoms with Gasteiger partial charge in [-0.15, -0.1) is 0 Å². The lowest BCUT2D eigenvalue weighted by Gasteiger charge is -2.26. The van der Waals surface area contributed by atoms with E-state index in [2.05, 4.69) is 70.8 Å². The van der Waals surface area contributed by atoms with E-state index in [1.165, 1.54) is 0 Å². The molecule has 214 valence electrons. The summed E-state index contributed by atoms with van der Waals surface area (Å²) in [6.07, 6.45) is -0.107. The van der Waals surface area contributed by atoms with E-state index in [1.54, 1.807) is 19.2 Å². The van der Waals surface area contributed by atoms with Crippen molar-refractivity contribution in [3.8, 4) is 23.0 Å². The number of hydrogen-bond acceptors (Lipinski definition) is 4. The van der Waals surface area contributed by atoms with E-state index in [9.17, 15) is 15.0 Å². The molecule has 4 aromatic rings. The van der Waals surface area contributed by atoms with Crippen LogP contribution in [0.3, 0.4) is 0 Å². The molecule has 5 nitrogen and oxygen atoms in total. The van der Waals surface area contributed by atoms with Gasteiger partial charge in [-0.3, -0.25) is 4.79 Å². The number of rotatable bonds is 9. The van der Waals surface area contributed by atoms with Gasteiger partial charge in [-0.2, -0.15) is 0 Å². The van der Waals surface area contributed by atoms with Crippen molar-refractivity contribution in [2.24, 2.45) is 0 Å². The van der Waals surface area contributed by atoms with E-state index in [0.29, 0.717) is 26.0 Å². The maximum atomic E-state index is 11.4. The second-order valence-electron chi connectivity index (χ2n) is 10.7. The van der Waals surface area contributed by atoms with Gasteiger partial charge in [0.15, 0.2) is 5.75 Å². The number of carboxylic acid groups (broad SMARTS) is 1. The minimum absolute atomic E-state index is 0.107. The van der Waals surface area contributed by atoms with Crippen LogP contribution in [0.2, 0.25) is 0 Å². The molecule has 0 fully saturated rings. The quantitative estimate of drug-likeness (QED) is 0.172. The largest absolute Gasteiger partial charge is 0.507 e. The van der Waals surface area contributed by atoms with Gasteiger partial charge in [-0.05, 0) is 99.5 Å². The number of phenols is 1. The fraction of sp³-hybridized carbons (Fsp3) is 0.265. The van der Waals surface area contributed by atoms with Gasteiger partial charge in [0.1, 0.15) is 17.2 Å². The van der Waals surface area contributed by atoms with Crippen molar-refractivity contribution in [2.75, 3.05) is 7.11 Å². The Hall–Kier alpha value is -3.29. The molecule has 1 unspecified atom stereocenters. The Morgan fingerprint density at radius 1 is 0.854 bits per heavy atom. The van der Waals surface area contributed by atoms with Gasteiger partial charge >= 0.3 is 5.97 Å². The molecule has 7 heteroatoms. The highest BCUT2D eigenvalue weighted by atomic mass is 79.9. The molecule has 0 aromatic heterocycles. The van der Waals surface area contributed by atoms with E-state index in [1.807, 2.05) is 44.2 Å². The highest BCUT2D eigenvalue weighted by molar-refractivity contribution is 9.11. The van der Waals surface area contributed by atoms with Crippen molar-refractivity contribution in [2.45, 2.75) is 52.9 Å². The van der Waals surface area contributed by atoms with Crippen LogP contribution in [0.15, 0.2) is 69.6 Å². The Bertz CT molecular complexity index is 1590. The molecular weight excluding hydrogens is 648 g/mol. The minimum Gasteiger partial charge on any atom is -0.507 e. The number of carbonyl (C=O) groups is 1. The Kier molecular flexibility index (Phi) is 9.50. The van der Waals surface area contributed by atoms with E-state index < -0.39 is 5.97 Å². The lowest BCUT2D eigenvalue weighted by Crippen LogP contribution is -2.09. The Balaban J connectivity index is 2.03. The van der Waals surface area contributed by atoms with Crippen LogP contribution in [0.5, 0.6) is 23.0 Å². The predicted molar refractivity (Wildman–Crippen MR) is 170 cm³/mol. The summed E-state index contributed by atoms with van der Waals surface area (Å²) in [5, 5.41) is 20.7. The van der Waals surface area contributed by atoms with Crippen molar-refractivity contribution in [3.63, 3.8) is 0 Å². The lowest BCUT2D eigenvalue weighted by atomic mass is 9.81. The first kappa shape index (κ1) is 30.7. The number of halogens is 2. The maximum Gasteiger partial charge on any atom is 0.307 e. The number of methoxy groups -OCH3 is 1. The first-order valence-electron chi connectivity index (χ1n) is 13.4. The van der Waals surface area contributed by atoms with Crippen LogP contribution in [0.25, 0.3) is 0 Å². The van der Waals surface area contributed by atoms with E-state index in [0.717, 1.165) is 44.7 Å². The molecule has 0 aliphatic heterocycles. The second-order valence-corrected chi connectivity index (χ2v) is 12.4. The zero-order valence-corrected chi connectivity index (χ0v) is 27.2. The molecule has 0 saturated heterocycles. The molecule has 0 spiro atoms. The SMILES string of the molecule is COc1cc(C(c2cccc(C)c2)c2cc(C)cc(C)c2O)c(Oc2c(Br)cc(CC(=O)O)cc2Br)cc1C(C)C. The summed E-state index contributed by atoms with van der Waals surface area (Å²) in [6.45, 7) is 10.2. The third-order valence-electron chi connectivity index (χ3n) is 7.08. The van der Waals surface area contributed by atoms with E-state index in [-0.39, 0.29) is 24.0 Å². The molecule has 0 amide bonds. The molecular formula is C34H34Br2O5. The molecule has 0 bridgehead atoms. The first-order valence-corrected chi connectivity index (χ1v) is 14.9. The number of carboxylic acids is 1. The normalized spacial score (nSPS) is 11.9. The number of benzene rings is 4. The number of ether oxygens (including phenoxy) is 2. The maximum absolute atomic E-state index is 11.4. The number of aliphatic carboxylic acids is 1. The van der Waals surface area contributed by atoms with Crippen molar-refractivity contribution in [1.29, 1.82) is 0 Å². The van der Waals surface area contributed by atoms with Crippen molar-refractivity contribution in [1.82, 2.24) is 0 Å².